The van der Waals surface area contributed by atoms with E-state index >= 15 is 0 Å². The fraction of sp³-hybridized carbons (Fsp3) is 0.700. The lowest BCUT2D eigenvalue weighted by atomic mass is 10.2. The molecule has 0 rings (SSSR count). The van der Waals surface area contributed by atoms with Gasteiger partial charge in [0.15, 0.2) is 0 Å². The maximum absolute atomic E-state index is 9.86. The molecule has 11 nitrogen and oxygen atoms in total. The summed E-state index contributed by atoms with van der Waals surface area (Å²) >= 11 is 0. The van der Waals surface area contributed by atoms with E-state index < -0.39 is 42.2 Å². The highest BCUT2D eigenvalue weighted by Gasteiger charge is 2.16. The van der Waals surface area contributed by atoms with Crippen molar-refractivity contribution in [2.24, 2.45) is 17.2 Å². The number of hydrogen-bond acceptors (Lipinski definition) is 8. The number of nitrogens with two attached hydrogens (primary N) is 3. The van der Waals surface area contributed by atoms with E-state index in [0.717, 1.165) is 0 Å². The molecule has 0 aliphatic carbocycles. The minimum absolute atomic E-state index is 0.278. The van der Waals surface area contributed by atoms with E-state index in [1.807, 2.05) is 0 Å². The van der Waals surface area contributed by atoms with Gasteiger partial charge in [-0.25, -0.2) is 0 Å². The third-order valence-electron chi connectivity index (χ3n) is 1.78. The molecule has 0 aromatic carbocycles. The second-order valence-electron chi connectivity index (χ2n) is 3.81. The molecule has 21 heavy (non-hydrogen) atoms. The number of carboxylic acid groups (broad SMARTS) is 3. The Bertz CT molecular complexity index is 297. The van der Waals surface area contributed by atoms with Crippen LogP contribution in [-0.4, -0.2) is 74.3 Å². The summed E-state index contributed by atoms with van der Waals surface area (Å²) in [5.41, 5.74) is 14.4. The van der Waals surface area contributed by atoms with Crippen LogP contribution >= 0.6 is 0 Å². The molecule has 0 aliphatic heterocycles. The van der Waals surface area contributed by atoms with Crippen LogP contribution in [-0.2, 0) is 14.4 Å². The molecule has 126 valence electrons. The molecule has 0 saturated heterocycles. The van der Waals surface area contributed by atoms with Crippen molar-refractivity contribution in [1.82, 2.24) is 0 Å². The van der Waals surface area contributed by atoms with Crippen LogP contribution in [0.4, 0.5) is 0 Å². The quantitative estimate of drug-likeness (QED) is 0.249. The van der Waals surface area contributed by atoms with Crippen molar-refractivity contribution in [3.8, 4) is 0 Å². The first-order valence-corrected chi connectivity index (χ1v) is 5.63. The lowest BCUT2D eigenvalue weighted by molar-refractivity contribution is -0.141. The molecule has 4 atom stereocenters. The monoisotopic (exact) mass is 313 g/mol. The van der Waals surface area contributed by atoms with E-state index in [4.69, 9.17) is 37.0 Å². The van der Waals surface area contributed by atoms with Crippen molar-refractivity contribution in [3.63, 3.8) is 0 Å². The molecule has 0 amide bonds. The van der Waals surface area contributed by atoms with Gasteiger partial charge in [-0.15, -0.1) is 0 Å². The summed E-state index contributed by atoms with van der Waals surface area (Å²) in [7, 11) is 0. The van der Waals surface area contributed by atoms with Crippen LogP contribution in [0.15, 0.2) is 0 Å². The van der Waals surface area contributed by atoms with Crippen LogP contribution in [0, 0.1) is 0 Å². The predicted octanol–water partition coefficient (Wildman–Crippen LogP) is -3.41. The molecule has 0 radical (unpaired) electrons. The van der Waals surface area contributed by atoms with Crippen molar-refractivity contribution in [3.05, 3.63) is 0 Å². The minimum Gasteiger partial charge on any atom is -0.480 e. The first-order valence-electron chi connectivity index (χ1n) is 5.63. The number of aliphatic hydroxyl groups is 2. The lowest BCUT2D eigenvalue weighted by Gasteiger charge is -2.07. The van der Waals surface area contributed by atoms with Gasteiger partial charge in [-0.3, -0.25) is 14.4 Å². The molecular weight excluding hydrogens is 290 g/mol. The minimum atomic E-state index is -1.18. The van der Waals surface area contributed by atoms with Crippen LogP contribution in [0.2, 0.25) is 0 Å². The zero-order valence-corrected chi connectivity index (χ0v) is 11.7. The summed E-state index contributed by atoms with van der Waals surface area (Å²) < 4.78 is 0. The van der Waals surface area contributed by atoms with Gasteiger partial charge in [0.1, 0.15) is 12.1 Å². The van der Waals surface area contributed by atoms with Crippen LogP contribution in [0.5, 0.6) is 0 Å². The second kappa shape index (κ2) is 13.2. The summed E-state index contributed by atoms with van der Waals surface area (Å²) in [6, 6.07) is -2.31. The van der Waals surface area contributed by atoms with E-state index in [2.05, 4.69) is 5.73 Å². The zero-order chi connectivity index (χ0) is 17.7. The molecule has 0 aromatic rings. The number of carboxylic acids is 3. The third kappa shape index (κ3) is 18.2. The Balaban J connectivity index is -0.000000239. The fourth-order valence-electron chi connectivity index (χ4n) is 0.413. The van der Waals surface area contributed by atoms with Crippen LogP contribution < -0.4 is 17.2 Å². The maximum Gasteiger partial charge on any atom is 0.323 e. The Hall–Kier alpha value is -1.79. The summed E-state index contributed by atoms with van der Waals surface area (Å²) in [4.78, 5) is 29.0. The topological polar surface area (TPSA) is 230 Å². The highest BCUT2D eigenvalue weighted by atomic mass is 16.4. The molecule has 0 fully saturated rings. The van der Waals surface area contributed by atoms with Gasteiger partial charge in [-0.2, -0.15) is 0 Å². The molecule has 11 heteroatoms. The third-order valence-corrected chi connectivity index (χ3v) is 1.78. The highest BCUT2D eigenvalue weighted by Crippen LogP contribution is 1.86. The Morgan fingerprint density at radius 1 is 0.857 bits per heavy atom. The summed E-state index contributed by atoms with van der Waals surface area (Å²) in [6.45, 7) is 2.39. The number of aliphatic hydroxyl groups excluding tert-OH is 2. The van der Waals surface area contributed by atoms with Gasteiger partial charge >= 0.3 is 17.9 Å². The van der Waals surface area contributed by atoms with Gasteiger partial charge in [-0.05, 0) is 13.8 Å². The van der Waals surface area contributed by atoms with Gasteiger partial charge in [-0.1, -0.05) is 0 Å². The molecule has 0 unspecified atom stereocenters. The first-order chi connectivity index (χ1) is 9.38. The largest absolute Gasteiger partial charge is 0.480 e. The van der Waals surface area contributed by atoms with Crippen LogP contribution in [0.1, 0.15) is 13.8 Å². The first kappa shape index (κ1) is 24.2. The van der Waals surface area contributed by atoms with Crippen LogP contribution in [0.25, 0.3) is 0 Å². The van der Waals surface area contributed by atoms with E-state index in [9.17, 15) is 14.4 Å². The summed E-state index contributed by atoms with van der Waals surface area (Å²) in [5.74, 6) is -3.33. The smallest absolute Gasteiger partial charge is 0.323 e. The number of aliphatic carboxylic acids is 3. The molecule has 0 bridgehead atoms. The van der Waals surface area contributed by atoms with E-state index in [1.165, 1.54) is 13.8 Å². The Labute approximate surface area is 121 Å². The Morgan fingerprint density at radius 3 is 1.05 bits per heavy atom. The average molecular weight is 313 g/mol. The van der Waals surface area contributed by atoms with Crippen molar-refractivity contribution >= 4 is 17.9 Å². The number of carbonyl (C=O) groups is 3. The molecule has 0 spiro atoms. The van der Waals surface area contributed by atoms with Crippen LogP contribution in [0.3, 0.4) is 0 Å². The van der Waals surface area contributed by atoms with Crippen molar-refractivity contribution in [2.75, 3.05) is 6.54 Å². The van der Waals surface area contributed by atoms with Gasteiger partial charge in [0.2, 0.25) is 0 Å². The molecule has 0 saturated carbocycles. The molecule has 11 N–H and O–H groups in total. The van der Waals surface area contributed by atoms with Crippen molar-refractivity contribution in [2.45, 2.75) is 38.1 Å². The van der Waals surface area contributed by atoms with E-state index in [-0.39, 0.29) is 6.54 Å². The standard InChI is InChI=1S/2C4H9NO3.C2H5NO2/c2*1-2(6)3(5)4(7)8;3-1-2(4)5/h2*2-3,6H,5H2,1H3,(H,7,8);1,3H2,(H,4,5)/t2*2-,3+;/m11./s1. The number of hydrogen-bond donors (Lipinski definition) is 8. The van der Waals surface area contributed by atoms with Crippen molar-refractivity contribution < 1.29 is 39.9 Å². The molecule has 0 heterocycles. The Kier molecular flexibility index (Phi) is 15.2. The maximum atomic E-state index is 9.86. The molecular formula is C10H23N3O8. The van der Waals surface area contributed by atoms with Gasteiger partial charge in [0, 0.05) is 0 Å². The Morgan fingerprint density at radius 2 is 1.05 bits per heavy atom. The fourth-order valence-corrected chi connectivity index (χ4v) is 0.413. The van der Waals surface area contributed by atoms with E-state index in [1.54, 1.807) is 0 Å². The second-order valence-corrected chi connectivity index (χ2v) is 3.81. The molecule has 0 aliphatic rings. The van der Waals surface area contributed by atoms with Gasteiger partial charge in [0.25, 0.3) is 0 Å². The average Bonchev–Trinajstić information content (AvgIpc) is 2.37. The van der Waals surface area contributed by atoms with E-state index in [0.29, 0.717) is 0 Å². The van der Waals surface area contributed by atoms with Gasteiger partial charge in [0.05, 0.1) is 18.8 Å². The number of rotatable bonds is 5. The highest BCUT2D eigenvalue weighted by molar-refractivity contribution is 5.74. The summed E-state index contributed by atoms with van der Waals surface area (Å²) in [5, 5.41) is 40.7. The normalized spacial score (nSPS) is 15.0. The van der Waals surface area contributed by atoms with Crippen molar-refractivity contribution in [1.29, 1.82) is 0 Å². The SMILES string of the molecule is C[C@@H](O)[C@H](N)C(=O)O.C[C@@H](O)[C@H](N)C(=O)O.NCC(=O)O. The predicted molar refractivity (Wildman–Crippen MR) is 71.3 cm³/mol. The lowest BCUT2D eigenvalue weighted by Crippen LogP contribution is -2.39. The molecule has 0 aromatic heterocycles. The zero-order valence-electron chi connectivity index (χ0n) is 11.7. The summed E-state index contributed by atoms with van der Waals surface area (Å²) in [6.07, 6.45) is -1.96. The van der Waals surface area contributed by atoms with Gasteiger partial charge < -0.3 is 42.7 Å².